The van der Waals surface area contributed by atoms with Crippen LogP contribution in [-0.4, -0.2) is 25.5 Å². The van der Waals surface area contributed by atoms with Gasteiger partial charge in [-0.15, -0.1) is 0 Å². The molecule has 126 valence electrons. The van der Waals surface area contributed by atoms with E-state index in [0.717, 1.165) is 16.8 Å². The minimum atomic E-state index is -0.246. The first-order valence-electron chi connectivity index (χ1n) is 7.96. The molecule has 2 aromatic heterocycles. The third kappa shape index (κ3) is 3.00. The summed E-state index contributed by atoms with van der Waals surface area (Å²) in [5.41, 5.74) is 3.57. The highest BCUT2D eigenvalue weighted by molar-refractivity contribution is 5.92. The Hall–Kier alpha value is -3.09. The molecule has 0 aliphatic carbocycles. The summed E-state index contributed by atoms with van der Waals surface area (Å²) in [6, 6.07) is 6.43. The third-order valence-electron chi connectivity index (χ3n) is 4.29. The van der Waals surface area contributed by atoms with E-state index in [-0.39, 0.29) is 11.6 Å². The number of rotatable bonds is 4. The number of fused-ring (bicyclic) bond motifs is 1. The smallest absolute Gasteiger partial charge is 0.179 e. The second kappa shape index (κ2) is 6.08. The Kier molecular flexibility index (Phi) is 3.76. The van der Waals surface area contributed by atoms with Crippen LogP contribution in [-0.2, 0) is 19.6 Å². The summed E-state index contributed by atoms with van der Waals surface area (Å²) in [6.07, 6.45) is 4.99. The van der Waals surface area contributed by atoms with Crippen molar-refractivity contribution in [2.24, 2.45) is 0 Å². The maximum atomic E-state index is 13.0. The number of nitrogens with zero attached hydrogens (tertiary/aromatic N) is 5. The van der Waals surface area contributed by atoms with Crippen molar-refractivity contribution < 1.29 is 9.18 Å². The van der Waals surface area contributed by atoms with Crippen molar-refractivity contribution in [3.05, 3.63) is 71.2 Å². The number of Topliss-reactive ketones (excluding diaryl/α,β-unsaturated/α-hetero) is 1. The van der Waals surface area contributed by atoms with Crippen LogP contribution in [0.5, 0.6) is 0 Å². The first-order valence-corrected chi connectivity index (χ1v) is 7.96. The van der Waals surface area contributed by atoms with Gasteiger partial charge < -0.3 is 4.90 Å². The van der Waals surface area contributed by atoms with E-state index in [1.54, 1.807) is 18.3 Å². The molecule has 1 aliphatic rings. The molecular weight excluding hydrogens is 321 g/mol. The lowest BCUT2D eigenvalue weighted by Gasteiger charge is -2.17. The van der Waals surface area contributed by atoms with E-state index in [1.807, 2.05) is 10.9 Å². The van der Waals surface area contributed by atoms with E-state index in [4.69, 9.17) is 0 Å². The number of ketones is 1. The maximum Gasteiger partial charge on any atom is 0.179 e. The molecule has 0 saturated carbocycles. The fourth-order valence-corrected chi connectivity index (χ4v) is 2.95. The van der Waals surface area contributed by atoms with Crippen LogP contribution < -0.4 is 4.90 Å². The molecule has 0 radical (unpaired) electrons. The van der Waals surface area contributed by atoms with Crippen LogP contribution >= 0.6 is 0 Å². The highest BCUT2D eigenvalue weighted by Crippen LogP contribution is 2.27. The van der Waals surface area contributed by atoms with Gasteiger partial charge in [-0.1, -0.05) is 12.1 Å². The van der Waals surface area contributed by atoms with Crippen LogP contribution in [0.15, 0.2) is 42.9 Å². The van der Waals surface area contributed by atoms with Crippen molar-refractivity contribution in [1.29, 1.82) is 0 Å². The molecule has 3 heterocycles. The number of hydrogen-bond acceptors (Lipinski definition) is 5. The summed E-state index contributed by atoms with van der Waals surface area (Å²) < 4.78 is 15.0. The molecular formula is C18H16FN5O. The molecule has 4 rings (SSSR count). The molecule has 0 fully saturated rings. The third-order valence-corrected chi connectivity index (χ3v) is 4.29. The summed E-state index contributed by atoms with van der Waals surface area (Å²) >= 11 is 0. The first-order chi connectivity index (χ1) is 12.1. The van der Waals surface area contributed by atoms with E-state index >= 15 is 0 Å². The van der Waals surface area contributed by atoms with E-state index < -0.39 is 0 Å². The summed E-state index contributed by atoms with van der Waals surface area (Å²) in [5, 5.41) is 4.44. The summed E-state index contributed by atoms with van der Waals surface area (Å²) in [7, 11) is 0. The zero-order chi connectivity index (χ0) is 17.4. The van der Waals surface area contributed by atoms with Crippen LogP contribution in [0.1, 0.15) is 34.2 Å². The van der Waals surface area contributed by atoms with Crippen LogP contribution in [0.4, 0.5) is 10.2 Å². The van der Waals surface area contributed by atoms with Gasteiger partial charge in [0.15, 0.2) is 5.78 Å². The van der Waals surface area contributed by atoms with E-state index in [1.165, 1.54) is 25.3 Å². The van der Waals surface area contributed by atoms with Crippen molar-refractivity contribution in [1.82, 2.24) is 19.7 Å². The second-order valence-corrected chi connectivity index (χ2v) is 6.08. The van der Waals surface area contributed by atoms with E-state index in [9.17, 15) is 9.18 Å². The fourth-order valence-electron chi connectivity index (χ4n) is 2.95. The number of hydrogen-bond donors (Lipinski definition) is 0. The second-order valence-electron chi connectivity index (χ2n) is 6.08. The van der Waals surface area contributed by atoms with E-state index in [2.05, 4.69) is 20.0 Å². The number of aromatic nitrogens is 4. The molecule has 0 spiro atoms. The molecule has 3 aromatic rings. The van der Waals surface area contributed by atoms with Crippen LogP contribution in [0.25, 0.3) is 0 Å². The fraction of sp³-hybridized carbons (Fsp3) is 0.222. The number of carbonyl (C=O) groups excluding carboxylic acids is 1. The van der Waals surface area contributed by atoms with Crippen molar-refractivity contribution in [2.45, 2.75) is 26.6 Å². The number of halogens is 1. The van der Waals surface area contributed by atoms with Crippen molar-refractivity contribution >= 4 is 11.6 Å². The Morgan fingerprint density at radius 3 is 2.72 bits per heavy atom. The lowest BCUT2D eigenvalue weighted by atomic mass is 10.2. The monoisotopic (exact) mass is 337 g/mol. The summed E-state index contributed by atoms with van der Waals surface area (Å²) in [5.74, 6) is 0.329. The van der Waals surface area contributed by atoms with Gasteiger partial charge >= 0.3 is 0 Å². The SMILES string of the molecule is CC(=O)c1cncc(N2Cc3cnn(Cc4ccc(F)cc4)c3C2)n1. The lowest BCUT2D eigenvalue weighted by Crippen LogP contribution is -2.19. The van der Waals surface area contributed by atoms with Crippen LogP contribution in [0.2, 0.25) is 0 Å². The van der Waals surface area contributed by atoms with Gasteiger partial charge in [-0.05, 0) is 17.7 Å². The highest BCUT2D eigenvalue weighted by Gasteiger charge is 2.25. The Labute approximate surface area is 143 Å². The topological polar surface area (TPSA) is 63.9 Å². The van der Waals surface area contributed by atoms with Gasteiger partial charge in [0.2, 0.25) is 0 Å². The Balaban J connectivity index is 1.55. The first kappa shape index (κ1) is 15.4. The van der Waals surface area contributed by atoms with E-state index in [0.29, 0.717) is 31.1 Å². The van der Waals surface area contributed by atoms with Gasteiger partial charge in [0.1, 0.15) is 17.3 Å². The number of carbonyl (C=O) groups is 1. The van der Waals surface area contributed by atoms with Gasteiger partial charge in [-0.3, -0.25) is 14.5 Å². The van der Waals surface area contributed by atoms with Crippen molar-refractivity contribution in [3.8, 4) is 0 Å². The highest BCUT2D eigenvalue weighted by atomic mass is 19.1. The molecule has 1 aromatic carbocycles. The molecule has 6 nitrogen and oxygen atoms in total. The van der Waals surface area contributed by atoms with Gasteiger partial charge in [-0.25, -0.2) is 9.37 Å². The molecule has 0 amide bonds. The molecule has 1 aliphatic heterocycles. The normalized spacial score (nSPS) is 13.1. The largest absolute Gasteiger partial charge is 0.345 e. The zero-order valence-electron chi connectivity index (χ0n) is 13.7. The molecule has 0 atom stereocenters. The molecule has 0 bridgehead atoms. The maximum absolute atomic E-state index is 13.0. The van der Waals surface area contributed by atoms with Gasteiger partial charge in [0, 0.05) is 19.0 Å². The van der Waals surface area contributed by atoms with Crippen LogP contribution in [0, 0.1) is 5.82 Å². The average molecular weight is 337 g/mol. The molecule has 7 heteroatoms. The van der Waals surface area contributed by atoms with Crippen molar-refractivity contribution in [2.75, 3.05) is 4.90 Å². The number of anilines is 1. The predicted molar refractivity (Wildman–Crippen MR) is 89.7 cm³/mol. The number of benzene rings is 1. The minimum Gasteiger partial charge on any atom is -0.345 e. The standard InChI is InChI=1S/C18H16FN5O/c1-12(25)16-7-20-8-18(22-16)23-10-14-6-21-24(17(14)11-23)9-13-2-4-15(19)5-3-13/h2-8H,9-11H2,1H3. The molecule has 25 heavy (non-hydrogen) atoms. The Morgan fingerprint density at radius 1 is 1.16 bits per heavy atom. The summed E-state index contributed by atoms with van der Waals surface area (Å²) in [6.45, 7) is 3.39. The molecule has 0 saturated heterocycles. The van der Waals surface area contributed by atoms with Gasteiger partial charge in [0.25, 0.3) is 0 Å². The van der Waals surface area contributed by atoms with Crippen molar-refractivity contribution in [3.63, 3.8) is 0 Å². The lowest BCUT2D eigenvalue weighted by molar-refractivity contribution is 0.101. The Morgan fingerprint density at radius 2 is 1.96 bits per heavy atom. The minimum absolute atomic E-state index is 0.103. The van der Waals surface area contributed by atoms with Gasteiger partial charge in [-0.2, -0.15) is 5.10 Å². The Bertz CT molecular complexity index is 935. The average Bonchev–Trinajstić information content (AvgIpc) is 3.19. The van der Waals surface area contributed by atoms with Crippen LogP contribution in [0.3, 0.4) is 0 Å². The quantitative estimate of drug-likeness (QED) is 0.685. The molecule has 0 unspecified atom stereocenters. The zero-order valence-corrected chi connectivity index (χ0v) is 13.7. The predicted octanol–water partition coefficient (Wildman–Crippen LogP) is 2.58. The summed E-state index contributed by atoms with van der Waals surface area (Å²) in [4.78, 5) is 22.1. The van der Waals surface area contributed by atoms with Gasteiger partial charge in [0.05, 0.1) is 37.4 Å². The molecule has 0 N–H and O–H groups in total.